The number of nitrogens with zero attached hydrogens (tertiary/aromatic N) is 4. The Morgan fingerprint density at radius 1 is 1.38 bits per heavy atom. The number of rotatable bonds is 4. The van der Waals surface area contributed by atoms with Crippen LogP contribution in [-0.2, 0) is 11.3 Å². The highest BCUT2D eigenvalue weighted by Gasteiger charge is 2.22. The second kappa shape index (κ2) is 6.81. The van der Waals surface area contributed by atoms with Crippen LogP contribution in [0.5, 0.6) is 0 Å². The van der Waals surface area contributed by atoms with Gasteiger partial charge in [-0.3, -0.25) is 4.57 Å². The first-order chi connectivity index (χ1) is 11.7. The van der Waals surface area contributed by atoms with E-state index in [1.54, 1.807) is 6.33 Å². The molecule has 0 saturated carbocycles. The molecule has 2 aromatic heterocycles. The Kier molecular flexibility index (Phi) is 4.55. The van der Waals surface area contributed by atoms with Crippen LogP contribution in [0.1, 0.15) is 24.6 Å². The van der Waals surface area contributed by atoms with E-state index in [1.165, 1.54) is 9.13 Å². The lowest BCUT2D eigenvalue weighted by Crippen LogP contribution is -2.08. The van der Waals surface area contributed by atoms with E-state index in [0.717, 1.165) is 19.4 Å². The fraction of sp³-hybridized carbons (Fsp3) is 0.312. The molecule has 0 bridgehead atoms. The van der Waals surface area contributed by atoms with E-state index in [0.29, 0.717) is 23.5 Å². The summed E-state index contributed by atoms with van der Waals surface area (Å²) in [7, 11) is 0. The van der Waals surface area contributed by atoms with Crippen molar-refractivity contribution < 1.29 is 4.74 Å². The topological polar surface area (TPSA) is 64.9 Å². The summed E-state index contributed by atoms with van der Waals surface area (Å²) in [6, 6.07) is 8.29. The zero-order valence-corrected chi connectivity index (χ0v) is 15.7. The molecule has 0 spiro atoms. The fourth-order valence-electron chi connectivity index (χ4n) is 2.84. The van der Waals surface area contributed by atoms with E-state index in [2.05, 4.69) is 61.1 Å². The molecule has 1 atom stereocenters. The summed E-state index contributed by atoms with van der Waals surface area (Å²) in [4.78, 5) is 13.1. The van der Waals surface area contributed by atoms with Crippen LogP contribution < -0.4 is 5.32 Å². The van der Waals surface area contributed by atoms with Crippen LogP contribution in [-0.4, -0.2) is 26.1 Å². The molecule has 0 radical (unpaired) electrons. The summed E-state index contributed by atoms with van der Waals surface area (Å²) < 4.78 is 8.86. The maximum Gasteiger partial charge on any atom is 0.226 e. The average molecular weight is 456 g/mol. The normalized spacial score (nSPS) is 17.5. The second-order valence-electron chi connectivity index (χ2n) is 5.62. The van der Waals surface area contributed by atoms with Gasteiger partial charge >= 0.3 is 0 Å². The van der Waals surface area contributed by atoms with Crippen molar-refractivity contribution >= 4 is 51.2 Å². The number of nitrogens with one attached hydrogen (secondary N) is 1. The predicted octanol–water partition coefficient (Wildman–Crippen LogP) is 4.01. The van der Waals surface area contributed by atoms with Crippen molar-refractivity contribution in [2.75, 3.05) is 11.9 Å². The molecule has 0 amide bonds. The first-order valence-corrected chi connectivity index (χ1v) is 9.16. The molecule has 1 fully saturated rings. The zero-order chi connectivity index (χ0) is 16.5. The molecular weight excluding hydrogens is 441 g/mol. The molecule has 1 aromatic carbocycles. The van der Waals surface area contributed by atoms with Crippen molar-refractivity contribution in [3.63, 3.8) is 0 Å². The SMILES string of the molecule is Clc1nc(NCc2cccc(I)c2)c2ncn([C@H]3CCCO3)c2n1. The number of aromatic nitrogens is 4. The first kappa shape index (κ1) is 16.0. The minimum absolute atomic E-state index is 0.0236. The van der Waals surface area contributed by atoms with E-state index in [4.69, 9.17) is 16.3 Å². The number of benzene rings is 1. The van der Waals surface area contributed by atoms with Gasteiger partial charge in [0, 0.05) is 16.7 Å². The molecule has 0 aliphatic carbocycles. The quantitative estimate of drug-likeness (QED) is 0.476. The number of fused-ring (bicyclic) bond motifs is 1. The zero-order valence-electron chi connectivity index (χ0n) is 12.7. The Balaban J connectivity index is 1.65. The molecule has 6 nitrogen and oxygen atoms in total. The van der Waals surface area contributed by atoms with Crippen LogP contribution in [0.2, 0.25) is 5.28 Å². The van der Waals surface area contributed by atoms with Gasteiger partial charge in [-0.25, -0.2) is 4.98 Å². The van der Waals surface area contributed by atoms with Crippen LogP contribution in [0.3, 0.4) is 0 Å². The lowest BCUT2D eigenvalue weighted by Gasteiger charge is -2.12. The third-order valence-corrected chi connectivity index (χ3v) is 4.80. The van der Waals surface area contributed by atoms with Crippen molar-refractivity contribution in [1.29, 1.82) is 0 Å². The molecular formula is C16H15ClIN5O. The molecule has 3 aromatic rings. The maximum absolute atomic E-state index is 6.12. The number of imidazole rings is 1. The molecule has 1 aliphatic heterocycles. The molecule has 8 heteroatoms. The van der Waals surface area contributed by atoms with Crippen molar-refractivity contribution in [3.05, 3.63) is 45.0 Å². The van der Waals surface area contributed by atoms with Crippen molar-refractivity contribution in [1.82, 2.24) is 19.5 Å². The van der Waals surface area contributed by atoms with Gasteiger partial charge in [-0.05, 0) is 64.7 Å². The summed E-state index contributed by atoms with van der Waals surface area (Å²) in [6.07, 6.45) is 3.73. The lowest BCUT2D eigenvalue weighted by atomic mass is 10.2. The largest absolute Gasteiger partial charge is 0.364 e. The Labute approximate surface area is 157 Å². The van der Waals surface area contributed by atoms with Gasteiger partial charge in [0.15, 0.2) is 17.0 Å². The van der Waals surface area contributed by atoms with Crippen LogP contribution in [0.4, 0.5) is 5.82 Å². The van der Waals surface area contributed by atoms with E-state index in [-0.39, 0.29) is 11.5 Å². The smallest absolute Gasteiger partial charge is 0.226 e. The second-order valence-corrected chi connectivity index (χ2v) is 7.20. The number of anilines is 1. The monoisotopic (exact) mass is 455 g/mol. The number of hydrogen-bond acceptors (Lipinski definition) is 5. The Morgan fingerprint density at radius 2 is 2.29 bits per heavy atom. The maximum atomic E-state index is 6.12. The molecule has 3 heterocycles. The van der Waals surface area contributed by atoms with Gasteiger partial charge in [-0.2, -0.15) is 9.97 Å². The van der Waals surface area contributed by atoms with E-state index < -0.39 is 0 Å². The Morgan fingerprint density at radius 3 is 3.08 bits per heavy atom. The van der Waals surface area contributed by atoms with Crippen molar-refractivity contribution in [3.8, 4) is 0 Å². The van der Waals surface area contributed by atoms with Gasteiger partial charge in [0.2, 0.25) is 5.28 Å². The summed E-state index contributed by atoms with van der Waals surface area (Å²) in [6.45, 7) is 1.41. The Bertz CT molecular complexity index is 878. The van der Waals surface area contributed by atoms with E-state index in [9.17, 15) is 0 Å². The van der Waals surface area contributed by atoms with Gasteiger partial charge < -0.3 is 10.1 Å². The summed E-state index contributed by atoms with van der Waals surface area (Å²) in [5.74, 6) is 0.639. The first-order valence-electron chi connectivity index (χ1n) is 7.71. The van der Waals surface area contributed by atoms with Crippen LogP contribution >= 0.6 is 34.2 Å². The number of hydrogen-bond donors (Lipinski definition) is 1. The average Bonchev–Trinajstić information content (AvgIpc) is 3.21. The van der Waals surface area contributed by atoms with E-state index >= 15 is 0 Å². The summed E-state index contributed by atoms with van der Waals surface area (Å²) in [5.41, 5.74) is 2.58. The minimum atomic E-state index is -0.0236. The molecule has 124 valence electrons. The van der Waals surface area contributed by atoms with Crippen LogP contribution in [0.25, 0.3) is 11.2 Å². The number of ether oxygens (including phenoxy) is 1. The van der Waals surface area contributed by atoms with Gasteiger partial charge in [-0.15, -0.1) is 0 Å². The van der Waals surface area contributed by atoms with Gasteiger partial charge in [0.1, 0.15) is 6.23 Å². The predicted molar refractivity (Wildman–Crippen MR) is 101 cm³/mol. The third-order valence-electron chi connectivity index (χ3n) is 3.96. The summed E-state index contributed by atoms with van der Waals surface area (Å²) in [5, 5.41) is 3.52. The fourth-order valence-corrected chi connectivity index (χ4v) is 3.61. The molecule has 1 aliphatic rings. The van der Waals surface area contributed by atoms with Crippen LogP contribution in [0.15, 0.2) is 30.6 Å². The van der Waals surface area contributed by atoms with Gasteiger partial charge in [0.05, 0.1) is 6.33 Å². The number of halogens is 2. The standard InChI is InChI=1S/C16H15ClIN5O/c17-16-21-14(19-8-10-3-1-4-11(18)7-10)13-15(22-16)23(9-20-13)12-5-2-6-24-12/h1,3-4,7,9,12H,2,5-6,8H2,(H,19,21,22)/t12-/m1/s1. The van der Waals surface area contributed by atoms with Gasteiger partial charge in [-0.1, -0.05) is 12.1 Å². The molecule has 0 unspecified atom stereocenters. The molecule has 24 heavy (non-hydrogen) atoms. The van der Waals surface area contributed by atoms with Crippen LogP contribution in [0, 0.1) is 3.57 Å². The van der Waals surface area contributed by atoms with E-state index in [1.807, 2.05) is 10.6 Å². The van der Waals surface area contributed by atoms with Crippen molar-refractivity contribution in [2.24, 2.45) is 0 Å². The lowest BCUT2D eigenvalue weighted by molar-refractivity contribution is 0.0593. The summed E-state index contributed by atoms with van der Waals surface area (Å²) >= 11 is 8.42. The van der Waals surface area contributed by atoms with Crippen molar-refractivity contribution in [2.45, 2.75) is 25.6 Å². The molecule has 1 saturated heterocycles. The highest BCUT2D eigenvalue weighted by atomic mass is 127. The third kappa shape index (κ3) is 3.20. The molecule has 1 N–H and O–H groups in total. The van der Waals surface area contributed by atoms with Gasteiger partial charge in [0.25, 0.3) is 0 Å². The Hall–Kier alpha value is -1.45. The highest BCUT2D eigenvalue weighted by molar-refractivity contribution is 14.1. The minimum Gasteiger partial charge on any atom is -0.364 e. The molecule has 4 rings (SSSR count). The highest BCUT2D eigenvalue weighted by Crippen LogP contribution is 2.29.